The molecule has 3 nitrogen and oxygen atoms in total. The van der Waals surface area contributed by atoms with Crippen LogP contribution >= 0.6 is 15.9 Å². The maximum atomic E-state index is 12.8. The van der Waals surface area contributed by atoms with Crippen molar-refractivity contribution in [3.63, 3.8) is 0 Å². The number of carbonyl (C=O) groups is 1. The van der Waals surface area contributed by atoms with Gasteiger partial charge in [-0.05, 0) is 66.9 Å². The molecule has 1 amide bonds. The highest BCUT2D eigenvalue weighted by Gasteiger charge is 2.31. The third kappa shape index (κ3) is 3.71. The predicted octanol–water partition coefficient (Wildman–Crippen LogP) is 4.87. The van der Waals surface area contributed by atoms with Gasteiger partial charge in [0.2, 0.25) is 0 Å². The fourth-order valence-electron chi connectivity index (χ4n) is 3.16. The molecule has 4 heteroatoms. The van der Waals surface area contributed by atoms with Crippen molar-refractivity contribution in [1.29, 1.82) is 0 Å². The van der Waals surface area contributed by atoms with E-state index >= 15 is 0 Å². The van der Waals surface area contributed by atoms with E-state index in [-0.39, 0.29) is 11.9 Å². The number of carbonyl (C=O) groups excluding carboxylic acids is 1. The molecule has 1 fully saturated rings. The largest absolute Gasteiger partial charge is 0.340 e. The molecule has 0 atom stereocenters. The van der Waals surface area contributed by atoms with Crippen molar-refractivity contribution in [2.45, 2.75) is 65.5 Å². The number of amides is 1. The smallest absolute Gasteiger partial charge is 0.270 e. The van der Waals surface area contributed by atoms with Crippen molar-refractivity contribution in [1.82, 2.24) is 9.47 Å². The van der Waals surface area contributed by atoms with Gasteiger partial charge in [-0.2, -0.15) is 0 Å². The molecule has 0 bridgehead atoms. The van der Waals surface area contributed by atoms with Crippen LogP contribution in [0.4, 0.5) is 0 Å². The van der Waals surface area contributed by atoms with Crippen molar-refractivity contribution in [3.8, 4) is 0 Å². The Morgan fingerprint density at radius 1 is 1.38 bits per heavy atom. The Morgan fingerprint density at radius 3 is 2.48 bits per heavy atom. The number of hydrogen-bond donors (Lipinski definition) is 0. The molecule has 0 N–H and O–H groups in total. The third-order valence-electron chi connectivity index (χ3n) is 4.77. The molecule has 118 valence electrons. The van der Waals surface area contributed by atoms with Crippen LogP contribution in [0, 0.1) is 5.41 Å². The van der Waals surface area contributed by atoms with Crippen molar-refractivity contribution < 1.29 is 4.79 Å². The number of hydrogen-bond acceptors (Lipinski definition) is 1. The molecule has 0 unspecified atom stereocenters. The second-order valence-electron chi connectivity index (χ2n) is 7.36. The highest BCUT2D eigenvalue weighted by atomic mass is 79.9. The van der Waals surface area contributed by atoms with E-state index in [0.29, 0.717) is 11.5 Å². The fraction of sp³-hybridized carbons (Fsp3) is 0.706. The van der Waals surface area contributed by atoms with Gasteiger partial charge >= 0.3 is 0 Å². The van der Waals surface area contributed by atoms with Crippen LogP contribution in [0.15, 0.2) is 16.7 Å². The maximum Gasteiger partial charge on any atom is 0.270 e. The Kier molecular flexibility index (Phi) is 4.86. The highest BCUT2D eigenvalue weighted by Crippen LogP contribution is 2.37. The highest BCUT2D eigenvalue weighted by molar-refractivity contribution is 9.10. The Morgan fingerprint density at radius 2 is 1.95 bits per heavy atom. The van der Waals surface area contributed by atoms with Gasteiger partial charge in [-0.3, -0.25) is 4.79 Å². The van der Waals surface area contributed by atoms with Gasteiger partial charge < -0.3 is 9.47 Å². The van der Waals surface area contributed by atoms with Crippen LogP contribution in [0.2, 0.25) is 0 Å². The summed E-state index contributed by atoms with van der Waals surface area (Å²) in [4.78, 5) is 14.8. The van der Waals surface area contributed by atoms with Gasteiger partial charge in [0, 0.05) is 29.8 Å². The SMILES string of the molecule is CC(C)n1cc(Br)cc1C(=O)N(C)C1CCC(C)(C)CC1. The van der Waals surface area contributed by atoms with E-state index in [1.54, 1.807) is 0 Å². The Labute approximate surface area is 136 Å². The van der Waals surface area contributed by atoms with Gasteiger partial charge in [0.05, 0.1) is 0 Å². The predicted molar refractivity (Wildman–Crippen MR) is 90.6 cm³/mol. The second kappa shape index (κ2) is 6.15. The summed E-state index contributed by atoms with van der Waals surface area (Å²) in [6.45, 7) is 8.86. The van der Waals surface area contributed by atoms with Gasteiger partial charge in [0.25, 0.3) is 5.91 Å². The lowest BCUT2D eigenvalue weighted by atomic mass is 9.75. The van der Waals surface area contributed by atoms with Crippen molar-refractivity contribution in [2.24, 2.45) is 5.41 Å². The zero-order valence-corrected chi connectivity index (χ0v) is 15.4. The molecule has 1 saturated carbocycles. The van der Waals surface area contributed by atoms with Crippen LogP contribution in [0.1, 0.15) is 69.9 Å². The van der Waals surface area contributed by atoms with Gasteiger partial charge in [-0.1, -0.05) is 13.8 Å². The number of aromatic nitrogens is 1. The molecule has 0 spiro atoms. The Bertz CT molecular complexity index is 509. The summed E-state index contributed by atoms with van der Waals surface area (Å²) in [7, 11) is 1.96. The van der Waals surface area contributed by atoms with Crippen LogP contribution in [-0.2, 0) is 0 Å². The van der Waals surface area contributed by atoms with E-state index in [4.69, 9.17) is 0 Å². The minimum atomic E-state index is 0.138. The molecular weight excluding hydrogens is 328 g/mol. The van der Waals surface area contributed by atoms with Crippen LogP contribution < -0.4 is 0 Å². The summed E-state index contributed by atoms with van der Waals surface area (Å²) in [5.41, 5.74) is 1.21. The molecule has 0 aromatic carbocycles. The first kappa shape index (κ1) is 16.6. The van der Waals surface area contributed by atoms with Crippen LogP contribution in [0.25, 0.3) is 0 Å². The second-order valence-corrected chi connectivity index (χ2v) is 8.27. The van der Waals surface area contributed by atoms with Crippen LogP contribution in [0.5, 0.6) is 0 Å². The van der Waals surface area contributed by atoms with Crippen LogP contribution in [-0.4, -0.2) is 28.5 Å². The summed E-state index contributed by atoms with van der Waals surface area (Å²) in [5, 5.41) is 0. The van der Waals surface area contributed by atoms with Crippen molar-refractivity contribution >= 4 is 21.8 Å². The first-order chi connectivity index (χ1) is 9.71. The van der Waals surface area contributed by atoms with Gasteiger partial charge in [-0.15, -0.1) is 0 Å². The summed E-state index contributed by atoms with van der Waals surface area (Å²) < 4.78 is 3.02. The summed E-state index contributed by atoms with van der Waals surface area (Å²) in [6.07, 6.45) is 6.61. The zero-order valence-electron chi connectivity index (χ0n) is 13.8. The molecule has 1 aromatic rings. The molecule has 1 heterocycles. The molecule has 0 aliphatic heterocycles. The first-order valence-electron chi connectivity index (χ1n) is 7.86. The van der Waals surface area contributed by atoms with Gasteiger partial charge in [0.15, 0.2) is 0 Å². The zero-order chi connectivity index (χ0) is 15.8. The van der Waals surface area contributed by atoms with E-state index in [0.717, 1.165) is 23.0 Å². The Balaban J connectivity index is 2.13. The summed E-state index contributed by atoms with van der Waals surface area (Å²) >= 11 is 3.49. The van der Waals surface area contributed by atoms with Crippen molar-refractivity contribution in [3.05, 3.63) is 22.4 Å². The van der Waals surface area contributed by atoms with E-state index in [2.05, 4.69) is 48.2 Å². The average Bonchev–Trinajstić information content (AvgIpc) is 2.79. The van der Waals surface area contributed by atoms with E-state index < -0.39 is 0 Å². The van der Waals surface area contributed by atoms with Gasteiger partial charge in [0.1, 0.15) is 5.69 Å². The number of halogens is 1. The monoisotopic (exact) mass is 354 g/mol. The lowest BCUT2D eigenvalue weighted by Gasteiger charge is -2.38. The molecule has 1 aliphatic carbocycles. The standard InChI is InChI=1S/C17H27BrN2O/c1-12(2)20-11-13(18)10-15(20)16(21)19(5)14-6-8-17(3,4)9-7-14/h10-12,14H,6-9H2,1-5H3. The van der Waals surface area contributed by atoms with E-state index in [9.17, 15) is 4.79 Å². The van der Waals surface area contributed by atoms with E-state index in [1.807, 2.05) is 24.2 Å². The van der Waals surface area contributed by atoms with Crippen molar-refractivity contribution in [2.75, 3.05) is 7.05 Å². The third-order valence-corrected chi connectivity index (χ3v) is 5.20. The summed E-state index contributed by atoms with van der Waals surface area (Å²) in [6, 6.07) is 2.60. The van der Waals surface area contributed by atoms with Gasteiger partial charge in [-0.25, -0.2) is 0 Å². The molecule has 0 radical (unpaired) electrons. The average molecular weight is 355 g/mol. The summed E-state index contributed by atoms with van der Waals surface area (Å²) in [5.74, 6) is 0.138. The lowest BCUT2D eigenvalue weighted by Crippen LogP contribution is -2.41. The normalized spacial score (nSPS) is 19.0. The molecule has 21 heavy (non-hydrogen) atoms. The fourth-order valence-corrected chi connectivity index (χ4v) is 3.60. The Hall–Kier alpha value is -0.770. The van der Waals surface area contributed by atoms with Crippen LogP contribution in [0.3, 0.4) is 0 Å². The molecule has 0 saturated heterocycles. The molecule has 1 aliphatic rings. The molecular formula is C17H27BrN2O. The maximum absolute atomic E-state index is 12.8. The minimum Gasteiger partial charge on any atom is -0.340 e. The molecule has 1 aromatic heterocycles. The quantitative estimate of drug-likeness (QED) is 0.759. The van der Waals surface area contributed by atoms with E-state index in [1.165, 1.54) is 12.8 Å². The lowest BCUT2D eigenvalue weighted by molar-refractivity contribution is 0.0623. The number of rotatable bonds is 3. The minimum absolute atomic E-state index is 0.138. The first-order valence-corrected chi connectivity index (χ1v) is 8.65. The number of nitrogens with zero attached hydrogens (tertiary/aromatic N) is 2. The molecule has 2 rings (SSSR count). The topological polar surface area (TPSA) is 25.2 Å².